The summed E-state index contributed by atoms with van der Waals surface area (Å²) in [6.07, 6.45) is 6.18. The number of pyridine rings is 1. The fourth-order valence-electron chi connectivity index (χ4n) is 2.76. The monoisotopic (exact) mass is 257 g/mol. The number of carbonyl (C=O) groups excluding carboxylic acids is 1. The summed E-state index contributed by atoms with van der Waals surface area (Å²) in [6.45, 7) is 3.80. The SMILES string of the molecule is CCc1nc2ccccn2c1C(=O)N1CCCCC1. The Kier molecular flexibility index (Phi) is 3.23. The zero-order valence-electron chi connectivity index (χ0n) is 11.3. The van der Waals surface area contributed by atoms with Gasteiger partial charge in [0.15, 0.2) is 0 Å². The molecule has 0 radical (unpaired) electrons. The van der Waals surface area contributed by atoms with Crippen LogP contribution in [-0.2, 0) is 6.42 Å². The van der Waals surface area contributed by atoms with Crippen molar-refractivity contribution in [2.24, 2.45) is 0 Å². The summed E-state index contributed by atoms with van der Waals surface area (Å²) in [4.78, 5) is 19.3. The minimum Gasteiger partial charge on any atom is -0.337 e. The van der Waals surface area contributed by atoms with Crippen molar-refractivity contribution in [1.29, 1.82) is 0 Å². The smallest absolute Gasteiger partial charge is 0.272 e. The number of rotatable bonds is 2. The van der Waals surface area contributed by atoms with Gasteiger partial charge in [0, 0.05) is 19.3 Å². The molecule has 2 aromatic heterocycles. The summed E-state index contributed by atoms with van der Waals surface area (Å²) in [5.41, 5.74) is 2.52. The lowest BCUT2D eigenvalue weighted by molar-refractivity contribution is 0.0716. The molecule has 3 rings (SSSR count). The first-order chi connectivity index (χ1) is 9.31. The fraction of sp³-hybridized carbons (Fsp3) is 0.467. The Morgan fingerprint density at radius 1 is 1.26 bits per heavy atom. The Hall–Kier alpha value is -1.84. The van der Waals surface area contributed by atoms with E-state index < -0.39 is 0 Å². The molecule has 19 heavy (non-hydrogen) atoms. The summed E-state index contributed by atoms with van der Waals surface area (Å²) in [6, 6.07) is 5.85. The third kappa shape index (κ3) is 2.11. The molecule has 0 spiro atoms. The van der Waals surface area contributed by atoms with Gasteiger partial charge in [-0.25, -0.2) is 4.98 Å². The molecule has 1 saturated heterocycles. The third-order valence-corrected chi connectivity index (χ3v) is 3.78. The number of fused-ring (bicyclic) bond motifs is 1. The van der Waals surface area contributed by atoms with Crippen molar-refractivity contribution in [3.05, 3.63) is 35.8 Å². The number of hydrogen-bond donors (Lipinski definition) is 0. The second-order valence-electron chi connectivity index (χ2n) is 5.04. The van der Waals surface area contributed by atoms with Crippen LogP contribution in [0.3, 0.4) is 0 Å². The molecule has 1 amide bonds. The number of aryl methyl sites for hydroxylation is 1. The van der Waals surface area contributed by atoms with Crippen LogP contribution >= 0.6 is 0 Å². The summed E-state index contributed by atoms with van der Waals surface area (Å²) < 4.78 is 1.93. The van der Waals surface area contributed by atoms with Crippen LogP contribution in [0, 0.1) is 0 Å². The highest BCUT2D eigenvalue weighted by atomic mass is 16.2. The summed E-state index contributed by atoms with van der Waals surface area (Å²) >= 11 is 0. The maximum absolute atomic E-state index is 12.7. The molecule has 1 aliphatic heterocycles. The van der Waals surface area contributed by atoms with E-state index in [0.717, 1.165) is 49.4 Å². The second-order valence-corrected chi connectivity index (χ2v) is 5.04. The van der Waals surface area contributed by atoms with Crippen LogP contribution in [0.5, 0.6) is 0 Å². The Morgan fingerprint density at radius 3 is 2.79 bits per heavy atom. The predicted octanol–water partition coefficient (Wildman–Crippen LogP) is 2.52. The van der Waals surface area contributed by atoms with Gasteiger partial charge >= 0.3 is 0 Å². The molecular formula is C15H19N3O. The molecular weight excluding hydrogens is 238 g/mol. The van der Waals surface area contributed by atoms with Crippen LogP contribution in [0.1, 0.15) is 42.4 Å². The van der Waals surface area contributed by atoms with Gasteiger partial charge in [-0.15, -0.1) is 0 Å². The molecule has 0 unspecified atom stereocenters. The molecule has 0 atom stereocenters. The van der Waals surface area contributed by atoms with E-state index in [0.29, 0.717) is 0 Å². The van der Waals surface area contributed by atoms with Crippen molar-refractivity contribution in [2.45, 2.75) is 32.6 Å². The molecule has 4 nitrogen and oxygen atoms in total. The first-order valence-corrected chi connectivity index (χ1v) is 7.06. The minimum absolute atomic E-state index is 0.134. The lowest BCUT2D eigenvalue weighted by atomic mass is 10.1. The van der Waals surface area contributed by atoms with Gasteiger partial charge in [0.1, 0.15) is 11.3 Å². The molecule has 0 aliphatic carbocycles. The lowest BCUT2D eigenvalue weighted by Crippen LogP contribution is -2.36. The Labute approximate surface area is 113 Å². The zero-order chi connectivity index (χ0) is 13.2. The van der Waals surface area contributed by atoms with E-state index in [2.05, 4.69) is 11.9 Å². The summed E-state index contributed by atoms with van der Waals surface area (Å²) in [7, 11) is 0. The molecule has 1 aliphatic rings. The van der Waals surface area contributed by atoms with Gasteiger partial charge in [-0.2, -0.15) is 0 Å². The van der Waals surface area contributed by atoms with Gasteiger partial charge < -0.3 is 4.90 Å². The Morgan fingerprint density at radius 2 is 2.05 bits per heavy atom. The molecule has 3 heterocycles. The predicted molar refractivity (Wildman–Crippen MR) is 74.3 cm³/mol. The van der Waals surface area contributed by atoms with E-state index in [1.165, 1.54) is 6.42 Å². The van der Waals surface area contributed by atoms with Crippen LogP contribution in [0.25, 0.3) is 5.65 Å². The maximum atomic E-state index is 12.7. The molecule has 0 aromatic carbocycles. The standard InChI is InChI=1S/C15H19N3O/c1-2-12-14(15(19)17-9-5-3-6-10-17)18-11-7-4-8-13(18)16-12/h4,7-8,11H,2-3,5-6,9-10H2,1H3. The normalized spacial score (nSPS) is 15.9. The molecule has 4 heteroatoms. The van der Waals surface area contributed by atoms with Crippen LogP contribution in [0.4, 0.5) is 0 Å². The summed E-state index contributed by atoms with van der Waals surface area (Å²) in [5.74, 6) is 0.134. The number of aromatic nitrogens is 2. The van der Waals surface area contributed by atoms with Crippen LogP contribution < -0.4 is 0 Å². The van der Waals surface area contributed by atoms with Gasteiger partial charge in [-0.3, -0.25) is 9.20 Å². The van der Waals surface area contributed by atoms with Gasteiger partial charge in [0.2, 0.25) is 0 Å². The summed E-state index contributed by atoms with van der Waals surface area (Å²) in [5, 5.41) is 0. The van der Waals surface area contributed by atoms with E-state index in [4.69, 9.17) is 0 Å². The molecule has 0 saturated carbocycles. The number of imidazole rings is 1. The number of piperidine rings is 1. The van der Waals surface area contributed by atoms with E-state index in [1.807, 2.05) is 33.7 Å². The van der Waals surface area contributed by atoms with Crippen molar-refractivity contribution < 1.29 is 4.79 Å². The largest absolute Gasteiger partial charge is 0.337 e. The third-order valence-electron chi connectivity index (χ3n) is 3.78. The lowest BCUT2D eigenvalue weighted by Gasteiger charge is -2.26. The van der Waals surface area contributed by atoms with E-state index in [9.17, 15) is 4.79 Å². The van der Waals surface area contributed by atoms with Crippen LogP contribution in [-0.4, -0.2) is 33.3 Å². The molecule has 2 aromatic rings. The number of hydrogen-bond acceptors (Lipinski definition) is 2. The zero-order valence-corrected chi connectivity index (χ0v) is 11.3. The van der Waals surface area contributed by atoms with Crippen molar-refractivity contribution in [3.8, 4) is 0 Å². The Bertz CT molecular complexity index is 596. The van der Waals surface area contributed by atoms with E-state index in [-0.39, 0.29) is 5.91 Å². The second kappa shape index (κ2) is 5.03. The molecule has 0 bridgehead atoms. The molecule has 100 valence electrons. The van der Waals surface area contributed by atoms with Crippen LogP contribution in [0.2, 0.25) is 0 Å². The molecule has 0 N–H and O–H groups in total. The average molecular weight is 257 g/mol. The van der Waals surface area contributed by atoms with E-state index in [1.54, 1.807) is 0 Å². The number of amides is 1. The number of carbonyl (C=O) groups is 1. The van der Waals surface area contributed by atoms with Gasteiger partial charge in [-0.1, -0.05) is 13.0 Å². The maximum Gasteiger partial charge on any atom is 0.272 e. The van der Waals surface area contributed by atoms with Crippen molar-refractivity contribution in [1.82, 2.24) is 14.3 Å². The fourth-order valence-corrected chi connectivity index (χ4v) is 2.76. The quantitative estimate of drug-likeness (QED) is 0.829. The average Bonchev–Trinajstić information content (AvgIpc) is 2.86. The van der Waals surface area contributed by atoms with Gasteiger partial charge in [0.25, 0.3) is 5.91 Å². The molecule has 1 fully saturated rings. The van der Waals surface area contributed by atoms with Crippen LogP contribution in [0.15, 0.2) is 24.4 Å². The van der Waals surface area contributed by atoms with Crippen molar-refractivity contribution in [3.63, 3.8) is 0 Å². The van der Waals surface area contributed by atoms with Gasteiger partial charge in [0.05, 0.1) is 5.69 Å². The first kappa shape index (κ1) is 12.2. The minimum atomic E-state index is 0.134. The van der Waals surface area contributed by atoms with Crippen molar-refractivity contribution >= 4 is 11.6 Å². The highest BCUT2D eigenvalue weighted by Gasteiger charge is 2.24. The van der Waals surface area contributed by atoms with Crippen molar-refractivity contribution in [2.75, 3.05) is 13.1 Å². The van der Waals surface area contributed by atoms with E-state index >= 15 is 0 Å². The number of nitrogens with zero attached hydrogens (tertiary/aromatic N) is 3. The first-order valence-electron chi connectivity index (χ1n) is 7.06. The Balaban J connectivity index is 2.04. The van der Waals surface area contributed by atoms with Gasteiger partial charge in [-0.05, 0) is 37.8 Å². The number of likely N-dealkylation sites (tertiary alicyclic amines) is 1. The highest BCUT2D eigenvalue weighted by Crippen LogP contribution is 2.18. The topological polar surface area (TPSA) is 37.6 Å². The highest BCUT2D eigenvalue weighted by molar-refractivity contribution is 5.94.